The summed E-state index contributed by atoms with van der Waals surface area (Å²) in [6, 6.07) is 8.68. The first kappa shape index (κ1) is 18.6. The predicted molar refractivity (Wildman–Crippen MR) is 108 cm³/mol. The average Bonchev–Trinajstić information content (AvgIpc) is 2.96. The zero-order chi connectivity index (χ0) is 20.9. The van der Waals surface area contributed by atoms with Crippen molar-refractivity contribution in [2.75, 3.05) is 6.54 Å². The Morgan fingerprint density at radius 3 is 2.62 bits per heavy atom. The lowest BCUT2D eigenvalue weighted by atomic mass is 9.97. The second-order valence-electron chi connectivity index (χ2n) is 7.11. The predicted octanol–water partition coefficient (Wildman–Crippen LogP) is 4.05. The zero-order valence-corrected chi connectivity index (χ0v) is 16.0. The second kappa shape index (κ2) is 6.70. The molecule has 29 heavy (non-hydrogen) atoms. The van der Waals surface area contributed by atoms with Gasteiger partial charge >= 0.3 is 0 Å². The van der Waals surface area contributed by atoms with E-state index in [0.29, 0.717) is 16.5 Å². The van der Waals surface area contributed by atoms with Crippen molar-refractivity contribution in [2.24, 2.45) is 0 Å². The number of benzene rings is 2. The fourth-order valence-corrected chi connectivity index (χ4v) is 3.76. The van der Waals surface area contributed by atoms with Crippen LogP contribution in [0.3, 0.4) is 0 Å². The highest BCUT2D eigenvalue weighted by atomic mass is 16.6. The first-order valence-corrected chi connectivity index (χ1v) is 9.07. The molecule has 1 atom stereocenters. The molecule has 0 saturated heterocycles. The van der Waals surface area contributed by atoms with Crippen molar-refractivity contribution >= 4 is 22.6 Å². The fourth-order valence-electron chi connectivity index (χ4n) is 3.76. The van der Waals surface area contributed by atoms with Gasteiger partial charge in [-0.2, -0.15) is 0 Å². The van der Waals surface area contributed by atoms with Gasteiger partial charge in [-0.25, -0.2) is 0 Å². The molecule has 0 fully saturated rings. The number of nitro groups is 1. The summed E-state index contributed by atoms with van der Waals surface area (Å²) in [6.07, 6.45) is 1.55. The van der Waals surface area contributed by atoms with Crippen LogP contribution in [0.15, 0.2) is 58.3 Å². The number of amides is 1. The van der Waals surface area contributed by atoms with Crippen LogP contribution in [-0.4, -0.2) is 22.3 Å². The van der Waals surface area contributed by atoms with Crippen LogP contribution in [-0.2, 0) is 0 Å². The van der Waals surface area contributed by atoms with E-state index in [1.807, 2.05) is 13.8 Å². The van der Waals surface area contributed by atoms with Gasteiger partial charge in [0.2, 0.25) is 5.76 Å². The summed E-state index contributed by atoms with van der Waals surface area (Å²) in [5.41, 5.74) is 2.49. The zero-order valence-electron chi connectivity index (χ0n) is 16.0. The number of fused-ring (bicyclic) bond motifs is 2. The molecule has 7 heteroatoms. The molecule has 146 valence electrons. The summed E-state index contributed by atoms with van der Waals surface area (Å²) >= 11 is 0. The Balaban J connectivity index is 2.03. The highest BCUT2D eigenvalue weighted by molar-refractivity contribution is 5.99. The molecule has 0 saturated carbocycles. The molecule has 3 aromatic rings. The number of hydrogen-bond acceptors (Lipinski definition) is 5. The molecule has 1 aromatic heterocycles. The molecule has 1 aliphatic rings. The highest BCUT2D eigenvalue weighted by Crippen LogP contribution is 2.39. The molecule has 1 unspecified atom stereocenters. The number of non-ortho nitro benzene ring substituents is 1. The van der Waals surface area contributed by atoms with Crippen LogP contribution in [0, 0.1) is 24.0 Å². The van der Waals surface area contributed by atoms with Crippen molar-refractivity contribution in [3.05, 3.63) is 97.4 Å². The molecule has 0 N–H and O–H groups in total. The third-order valence-corrected chi connectivity index (χ3v) is 5.30. The van der Waals surface area contributed by atoms with Crippen LogP contribution in [0.4, 0.5) is 5.69 Å². The Bertz CT molecular complexity index is 1260. The van der Waals surface area contributed by atoms with Gasteiger partial charge in [-0.3, -0.25) is 19.7 Å². The van der Waals surface area contributed by atoms with Gasteiger partial charge < -0.3 is 9.32 Å². The number of carbonyl (C=O) groups is 1. The topological polar surface area (TPSA) is 93.7 Å². The lowest BCUT2D eigenvalue weighted by molar-refractivity contribution is -0.384. The SMILES string of the molecule is C=CCN1C(=O)c2oc3cc(C)c(C)cc3c(=O)c2C1c1cccc([N+](=O)[O-])c1. The number of rotatable bonds is 4. The molecule has 0 radical (unpaired) electrons. The molecule has 0 aliphatic carbocycles. The normalized spacial score (nSPS) is 15.6. The average molecular weight is 390 g/mol. The molecule has 2 aromatic carbocycles. The minimum Gasteiger partial charge on any atom is -0.450 e. The lowest BCUT2D eigenvalue weighted by Crippen LogP contribution is -2.29. The maximum atomic E-state index is 13.4. The first-order chi connectivity index (χ1) is 13.8. The van der Waals surface area contributed by atoms with Crippen molar-refractivity contribution in [2.45, 2.75) is 19.9 Å². The van der Waals surface area contributed by atoms with Crippen molar-refractivity contribution in [1.29, 1.82) is 0 Å². The lowest BCUT2D eigenvalue weighted by Gasteiger charge is -2.23. The molecule has 1 amide bonds. The van der Waals surface area contributed by atoms with Gasteiger partial charge in [-0.1, -0.05) is 18.2 Å². The number of hydrogen-bond donors (Lipinski definition) is 0. The summed E-state index contributed by atoms with van der Waals surface area (Å²) in [6.45, 7) is 7.66. The van der Waals surface area contributed by atoms with Gasteiger partial charge in [0.15, 0.2) is 5.43 Å². The van der Waals surface area contributed by atoms with E-state index in [9.17, 15) is 19.7 Å². The van der Waals surface area contributed by atoms with Crippen molar-refractivity contribution in [3.63, 3.8) is 0 Å². The minimum atomic E-state index is -0.780. The van der Waals surface area contributed by atoms with Gasteiger partial charge in [-0.15, -0.1) is 6.58 Å². The Hall–Kier alpha value is -3.74. The molecule has 0 spiro atoms. The van der Waals surface area contributed by atoms with Crippen molar-refractivity contribution < 1.29 is 14.1 Å². The second-order valence-corrected chi connectivity index (χ2v) is 7.11. The maximum Gasteiger partial charge on any atom is 0.291 e. The molecular formula is C22H18N2O5. The third kappa shape index (κ3) is 2.82. The van der Waals surface area contributed by atoms with E-state index in [4.69, 9.17) is 4.42 Å². The smallest absolute Gasteiger partial charge is 0.291 e. The van der Waals surface area contributed by atoms with Crippen LogP contribution in [0.25, 0.3) is 11.0 Å². The molecule has 1 aliphatic heterocycles. The number of carbonyl (C=O) groups excluding carboxylic acids is 1. The summed E-state index contributed by atoms with van der Waals surface area (Å²) in [7, 11) is 0. The molecule has 4 rings (SSSR count). The Kier molecular flexibility index (Phi) is 4.30. The van der Waals surface area contributed by atoms with Crippen LogP contribution in [0.2, 0.25) is 0 Å². The number of nitrogens with zero attached hydrogens (tertiary/aromatic N) is 2. The van der Waals surface area contributed by atoms with E-state index in [1.54, 1.807) is 24.3 Å². The molecule has 2 heterocycles. The Morgan fingerprint density at radius 1 is 1.21 bits per heavy atom. The number of nitro benzene ring substituents is 1. The third-order valence-electron chi connectivity index (χ3n) is 5.30. The maximum absolute atomic E-state index is 13.4. The Labute approximate surface area is 166 Å². The summed E-state index contributed by atoms with van der Waals surface area (Å²) < 4.78 is 5.88. The van der Waals surface area contributed by atoms with Crippen molar-refractivity contribution in [3.8, 4) is 0 Å². The summed E-state index contributed by atoms with van der Waals surface area (Å²) in [4.78, 5) is 38.6. The van der Waals surface area contributed by atoms with E-state index < -0.39 is 16.9 Å². The van der Waals surface area contributed by atoms with Crippen LogP contribution < -0.4 is 5.43 Å². The summed E-state index contributed by atoms with van der Waals surface area (Å²) in [5.74, 6) is -0.460. The first-order valence-electron chi connectivity index (χ1n) is 9.07. The largest absolute Gasteiger partial charge is 0.450 e. The minimum absolute atomic E-state index is 0.0240. The van der Waals surface area contributed by atoms with E-state index in [2.05, 4.69) is 6.58 Å². The fraction of sp³-hybridized carbons (Fsp3) is 0.182. The van der Waals surface area contributed by atoms with Gasteiger partial charge in [-0.05, 0) is 42.7 Å². The van der Waals surface area contributed by atoms with E-state index in [1.165, 1.54) is 23.1 Å². The van der Waals surface area contributed by atoms with Crippen LogP contribution in [0.1, 0.15) is 38.9 Å². The van der Waals surface area contributed by atoms with Crippen LogP contribution in [0.5, 0.6) is 0 Å². The molecular weight excluding hydrogens is 372 g/mol. The van der Waals surface area contributed by atoms with Gasteiger partial charge in [0.25, 0.3) is 11.6 Å². The standard InChI is InChI=1S/C22H18N2O5/c1-4-8-23-19(14-6-5-7-15(11-14)24(27)28)18-20(25)16-9-12(2)13(3)10-17(16)29-21(18)22(23)26/h4-7,9-11,19H,1,8H2,2-3H3. The van der Waals surface area contributed by atoms with Gasteiger partial charge in [0.05, 0.1) is 21.9 Å². The molecule has 7 nitrogen and oxygen atoms in total. The summed E-state index contributed by atoms with van der Waals surface area (Å²) in [5, 5.41) is 11.6. The van der Waals surface area contributed by atoms with E-state index in [-0.39, 0.29) is 29.0 Å². The van der Waals surface area contributed by atoms with Crippen LogP contribution >= 0.6 is 0 Å². The van der Waals surface area contributed by atoms with Gasteiger partial charge in [0.1, 0.15) is 5.58 Å². The van der Waals surface area contributed by atoms with E-state index in [0.717, 1.165) is 11.1 Å². The number of aryl methyl sites for hydroxylation is 2. The van der Waals surface area contributed by atoms with Crippen molar-refractivity contribution in [1.82, 2.24) is 4.90 Å². The van der Waals surface area contributed by atoms with Gasteiger partial charge in [0, 0.05) is 18.7 Å². The molecule has 0 bridgehead atoms. The Morgan fingerprint density at radius 2 is 1.93 bits per heavy atom. The monoisotopic (exact) mass is 390 g/mol. The quantitative estimate of drug-likeness (QED) is 0.381. The highest BCUT2D eigenvalue weighted by Gasteiger charge is 2.42. The van der Waals surface area contributed by atoms with E-state index >= 15 is 0 Å².